The average molecular weight is 398 g/mol. The van der Waals surface area contributed by atoms with Crippen LogP contribution in [0.1, 0.15) is 34.3 Å². The van der Waals surface area contributed by atoms with Crippen LogP contribution in [0.3, 0.4) is 0 Å². The maximum absolute atomic E-state index is 14.2. The van der Waals surface area contributed by atoms with Crippen molar-refractivity contribution in [3.8, 4) is 0 Å². The van der Waals surface area contributed by atoms with Gasteiger partial charge in [0.15, 0.2) is 5.78 Å². The quantitative estimate of drug-likeness (QED) is 0.673. The van der Waals surface area contributed by atoms with Gasteiger partial charge in [-0.25, -0.2) is 13.2 Å². The molecule has 2 nitrogen and oxygen atoms in total. The second-order valence-electron chi connectivity index (χ2n) is 7.10. The van der Waals surface area contributed by atoms with Crippen LogP contribution in [0, 0.1) is 23.4 Å². The standard InChI is InChI=1S/C21H22F3NO.ClH/c1-25-8-6-14(7-9-25)10-16-11-15(2-5-19(16)23)12-21(26)18-4-3-17(22)13-20(18)24;/h2-5,11,13-14H,6-10,12H2,1H3;1H. The van der Waals surface area contributed by atoms with Crippen LogP contribution in [0.5, 0.6) is 0 Å². The SMILES string of the molecule is CN1CCC(Cc2cc(CC(=O)c3ccc(F)cc3F)ccc2F)CC1.Cl. The number of likely N-dealkylation sites (tertiary alicyclic amines) is 1. The number of halogens is 4. The minimum atomic E-state index is -0.872. The van der Waals surface area contributed by atoms with Gasteiger partial charge in [0.1, 0.15) is 17.5 Å². The van der Waals surface area contributed by atoms with Gasteiger partial charge in [-0.2, -0.15) is 0 Å². The number of hydrogen-bond acceptors (Lipinski definition) is 2. The van der Waals surface area contributed by atoms with E-state index in [-0.39, 0.29) is 30.2 Å². The molecule has 1 fully saturated rings. The molecule has 1 heterocycles. The highest BCUT2D eigenvalue weighted by Gasteiger charge is 2.19. The molecule has 6 heteroatoms. The number of carbonyl (C=O) groups excluding carboxylic acids is 1. The third-order valence-electron chi connectivity index (χ3n) is 5.05. The molecule has 1 aliphatic heterocycles. The van der Waals surface area contributed by atoms with E-state index in [2.05, 4.69) is 11.9 Å². The average Bonchev–Trinajstić information content (AvgIpc) is 2.59. The lowest BCUT2D eigenvalue weighted by Crippen LogP contribution is -2.31. The molecule has 0 saturated carbocycles. The fourth-order valence-electron chi connectivity index (χ4n) is 3.47. The van der Waals surface area contributed by atoms with Crippen molar-refractivity contribution in [1.82, 2.24) is 4.90 Å². The summed E-state index contributed by atoms with van der Waals surface area (Å²) in [6.45, 7) is 2.02. The fourth-order valence-corrected chi connectivity index (χ4v) is 3.47. The summed E-state index contributed by atoms with van der Waals surface area (Å²) >= 11 is 0. The lowest BCUT2D eigenvalue weighted by molar-refractivity contribution is 0.0989. The van der Waals surface area contributed by atoms with Crippen LogP contribution in [0.2, 0.25) is 0 Å². The van der Waals surface area contributed by atoms with Crippen molar-refractivity contribution in [3.05, 3.63) is 70.5 Å². The van der Waals surface area contributed by atoms with Crippen LogP contribution in [0.25, 0.3) is 0 Å². The molecule has 0 aliphatic carbocycles. The number of rotatable bonds is 5. The van der Waals surface area contributed by atoms with Gasteiger partial charge in [0.2, 0.25) is 0 Å². The van der Waals surface area contributed by atoms with Crippen molar-refractivity contribution in [2.75, 3.05) is 20.1 Å². The predicted octanol–water partition coefficient (Wildman–Crippen LogP) is 4.84. The number of piperidine rings is 1. The molecule has 2 aromatic carbocycles. The Balaban J connectivity index is 0.00000261. The molecule has 0 unspecified atom stereocenters. The van der Waals surface area contributed by atoms with E-state index in [4.69, 9.17) is 0 Å². The lowest BCUT2D eigenvalue weighted by Gasteiger charge is -2.29. The van der Waals surface area contributed by atoms with Crippen molar-refractivity contribution in [2.45, 2.75) is 25.7 Å². The molecule has 0 N–H and O–H groups in total. The Hall–Kier alpha value is -1.85. The highest BCUT2D eigenvalue weighted by atomic mass is 35.5. The van der Waals surface area contributed by atoms with Crippen molar-refractivity contribution >= 4 is 18.2 Å². The van der Waals surface area contributed by atoms with E-state index in [0.717, 1.165) is 38.1 Å². The van der Waals surface area contributed by atoms with Crippen LogP contribution in [0.4, 0.5) is 13.2 Å². The minimum Gasteiger partial charge on any atom is -0.306 e. The van der Waals surface area contributed by atoms with Gasteiger partial charge in [-0.3, -0.25) is 4.79 Å². The molecule has 0 aromatic heterocycles. The molecule has 1 saturated heterocycles. The first-order chi connectivity index (χ1) is 12.4. The van der Waals surface area contributed by atoms with Gasteiger partial charge >= 0.3 is 0 Å². The predicted molar refractivity (Wildman–Crippen MR) is 102 cm³/mol. The molecule has 146 valence electrons. The molecule has 0 radical (unpaired) electrons. The smallest absolute Gasteiger partial charge is 0.170 e. The summed E-state index contributed by atoms with van der Waals surface area (Å²) in [6, 6.07) is 7.53. The Morgan fingerprint density at radius 3 is 2.41 bits per heavy atom. The zero-order chi connectivity index (χ0) is 18.7. The van der Waals surface area contributed by atoms with Gasteiger partial charge in [-0.15, -0.1) is 12.4 Å². The van der Waals surface area contributed by atoms with Crippen LogP contribution in [0.15, 0.2) is 36.4 Å². The summed E-state index contributed by atoms with van der Waals surface area (Å²) in [5.74, 6) is -1.88. The van der Waals surface area contributed by atoms with Crippen molar-refractivity contribution < 1.29 is 18.0 Å². The molecule has 27 heavy (non-hydrogen) atoms. The summed E-state index contributed by atoms with van der Waals surface area (Å²) in [5, 5.41) is 0. The number of nitrogens with zero attached hydrogens (tertiary/aromatic N) is 1. The molecule has 1 aliphatic rings. The second-order valence-corrected chi connectivity index (χ2v) is 7.10. The van der Waals surface area contributed by atoms with Crippen LogP contribution < -0.4 is 0 Å². The Bertz CT molecular complexity index is 804. The van der Waals surface area contributed by atoms with Crippen molar-refractivity contribution in [3.63, 3.8) is 0 Å². The second kappa shape index (κ2) is 9.38. The Labute approximate surface area is 163 Å². The normalized spacial score (nSPS) is 15.4. The highest BCUT2D eigenvalue weighted by Crippen LogP contribution is 2.24. The Morgan fingerprint density at radius 2 is 1.74 bits per heavy atom. The topological polar surface area (TPSA) is 20.3 Å². The maximum Gasteiger partial charge on any atom is 0.170 e. The van der Waals surface area contributed by atoms with Crippen LogP contribution in [-0.4, -0.2) is 30.8 Å². The molecule has 2 aromatic rings. The fraction of sp³-hybridized carbons (Fsp3) is 0.381. The summed E-state index contributed by atoms with van der Waals surface area (Å²) in [5.41, 5.74) is 1.10. The number of carbonyl (C=O) groups is 1. The van der Waals surface area contributed by atoms with E-state index >= 15 is 0 Å². The molecule has 0 amide bonds. The number of benzene rings is 2. The summed E-state index contributed by atoms with van der Waals surface area (Å²) in [7, 11) is 2.08. The molecule has 0 bridgehead atoms. The van der Waals surface area contributed by atoms with E-state index in [1.165, 1.54) is 6.07 Å². The van der Waals surface area contributed by atoms with Crippen LogP contribution >= 0.6 is 12.4 Å². The Kier molecular flexibility index (Phi) is 7.45. The summed E-state index contributed by atoms with van der Waals surface area (Å²) < 4.78 is 40.9. The number of hydrogen-bond donors (Lipinski definition) is 0. The monoisotopic (exact) mass is 397 g/mol. The van der Waals surface area contributed by atoms with Crippen molar-refractivity contribution in [2.24, 2.45) is 5.92 Å². The summed E-state index contributed by atoms with van der Waals surface area (Å²) in [4.78, 5) is 14.6. The molecule has 3 rings (SSSR count). The third kappa shape index (κ3) is 5.56. The summed E-state index contributed by atoms with van der Waals surface area (Å²) in [6.07, 6.45) is 2.66. The van der Waals surface area contributed by atoms with E-state index in [1.807, 2.05) is 0 Å². The lowest BCUT2D eigenvalue weighted by atomic mass is 9.89. The molecule has 0 spiro atoms. The molecule has 0 atom stereocenters. The Morgan fingerprint density at radius 1 is 1.04 bits per heavy atom. The first-order valence-electron chi connectivity index (χ1n) is 8.86. The van der Waals surface area contributed by atoms with Gasteiger partial charge in [0, 0.05) is 12.5 Å². The number of ketones is 1. The van der Waals surface area contributed by atoms with Gasteiger partial charge in [0.25, 0.3) is 0 Å². The highest BCUT2D eigenvalue weighted by molar-refractivity contribution is 5.97. The minimum absolute atomic E-state index is 0. The molecular weight excluding hydrogens is 375 g/mol. The first-order valence-corrected chi connectivity index (χ1v) is 8.86. The maximum atomic E-state index is 14.2. The van der Waals surface area contributed by atoms with E-state index < -0.39 is 17.4 Å². The van der Waals surface area contributed by atoms with Crippen LogP contribution in [-0.2, 0) is 12.8 Å². The van der Waals surface area contributed by atoms with Crippen molar-refractivity contribution in [1.29, 1.82) is 0 Å². The van der Waals surface area contributed by atoms with E-state index in [0.29, 0.717) is 29.5 Å². The first kappa shape index (κ1) is 21.5. The zero-order valence-electron chi connectivity index (χ0n) is 15.2. The third-order valence-corrected chi connectivity index (χ3v) is 5.05. The molecular formula is C21H23ClF3NO. The van der Waals surface area contributed by atoms with Gasteiger partial charge in [-0.1, -0.05) is 12.1 Å². The van der Waals surface area contributed by atoms with Gasteiger partial charge in [-0.05, 0) is 74.6 Å². The zero-order valence-corrected chi connectivity index (χ0v) is 16.0. The van der Waals surface area contributed by atoms with Gasteiger partial charge in [0.05, 0.1) is 5.56 Å². The van der Waals surface area contributed by atoms with Gasteiger partial charge < -0.3 is 4.90 Å². The van der Waals surface area contributed by atoms with E-state index in [9.17, 15) is 18.0 Å². The number of Topliss-reactive ketones (excluding diaryl/α,β-unsaturated/α-hetero) is 1. The largest absolute Gasteiger partial charge is 0.306 e. The van der Waals surface area contributed by atoms with E-state index in [1.54, 1.807) is 12.1 Å².